The monoisotopic (exact) mass is 421 g/mol. The Morgan fingerprint density at radius 3 is 2.83 bits per heavy atom. The van der Waals surface area contributed by atoms with Crippen molar-refractivity contribution in [1.29, 1.82) is 0 Å². The van der Waals surface area contributed by atoms with Crippen molar-refractivity contribution in [1.82, 2.24) is 14.9 Å². The molecule has 156 valence electrons. The van der Waals surface area contributed by atoms with Crippen LogP contribution in [0.1, 0.15) is 39.4 Å². The van der Waals surface area contributed by atoms with Gasteiger partial charge >= 0.3 is 12.1 Å². The molecule has 0 saturated carbocycles. The molecule has 29 heavy (non-hydrogen) atoms. The lowest BCUT2D eigenvalue weighted by atomic mass is 9.98. The number of nitrogens with zero attached hydrogens (tertiary/aromatic N) is 2. The fraction of sp³-hybridized carbons (Fsp3) is 0.500. The third-order valence-corrected chi connectivity index (χ3v) is 4.71. The van der Waals surface area contributed by atoms with Gasteiger partial charge < -0.3 is 19.4 Å². The molecule has 3 rings (SSSR count). The summed E-state index contributed by atoms with van der Waals surface area (Å²) in [6.07, 6.45) is 0.873. The van der Waals surface area contributed by atoms with Gasteiger partial charge in [0.2, 0.25) is 0 Å². The van der Waals surface area contributed by atoms with Crippen LogP contribution in [0.5, 0.6) is 0 Å². The Labute approximate surface area is 173 Å². The number of esters is 1. The van der Waals surface area contributed by atoms with Gasteiger partial charge in [0.05, 0.1) is 16.8 Å². The normalized spacial score (nSPS) is 17.2. The predicted molar refractivity (Wildman–Crippen MR) is 108 cm³/mol. The van der Waals surface area contributed by atoms with E-state index >= 15 is 0 Å². The summed E-state index contributed by atoms with van der Waals surface area (Å²) >= 11 is 5.90. The van der Waals surface area contributed by atoms with Gasteiger partial charge in [0.15, 0.2) is 0 Å². The van der Waals surface area contributed by atoms with Crippen LogP contribution in [0.25, 0.3) is 10.9 Å². The van der Waals surface area contributed by atoms with Crippen molar-refractivity contribution in [2.24, 2.45) is 5.92 Å². The lowest BCUT2D eigenvalue weighted by Gasteiger charge is -2.33. The van der Waals surface area contributed by atoms with Crippen LogP contribution in [0.2, 0.25) is 5.02 Å². The molecule has 2 heterocycles. The second-order valence-electron chi connectivity index (χ2n) is 8.05. The lowest BCUT2D eigenvalue weighted by Crippen LogP contribution is -2.45. The summed E-state index contributed by atoms with van der Waals surface area (Å²) in [5, 5.41) is 0.809. The summed E-state index contributed by atoms with van der Waals surface area (Å²) in [7, 11) is 0. The fourth-order valence-corrected chi connectivity index (χ4v) is 3.32. The highest BCUT2D eigenvalue weighted by molar-refractivity contribution is 6.31. The van der Waals surface area contributed by atoms with Gasteiger partial charge in [-0.1, -0.05) is 11.6 Å². The van der Waals surface area contributed by atoms with Gasteiger partial charge in [0.25, 0.3) is 5.56 Å². The van der Waals surface area contributed by atoms with Gasteiger partial charge in [-0.25, -0.2) is 9.78 Å². The molecule has 1 saturated heterocycles. The number of aromatic nitrogens is 2. The van der Waals surface area contributed by atoms with Crippen LogP contribution in [0.15, 0.2) is 23.0 Å². The number of amides is 1. The first-order valence-corrected chi connectivity index (χ1v) is 9.83. The van der Waals surface area contributed by atoms with Crippen LogP contribution in [-0.4, -0.2) is 45.6 Å². The largest absolute Gasteiger partial charge is 0.457 e. The molecule has 0 aliphatic carbocycles. The summed E-state index contributed by atoms with van der Waals surface area (Å²) < 4.78 is 10.7. The van der Waals surface area contributed by atoms with Crippen molar-refractivity contribution in [3.63, 3.8) is 0 Å². The minimum atomic E-state index is -0.595. The van der Waals surface area contributed by atoms with Gasteiger partial charge in [-0.15, -0.1) is 0 Å². The van der Waals surface area contributed by atoms with E-state index < -0.39 is 23.6 Å². The molecule has 8 nitrogen and oxygen atoms in total. The van der Waals surface area contributed by atoms with Gasteiger partial charge in [0.1, 0.15) is 18.0 Å². The Morgan fingerprint density at radius 2 is 2.10 bits per heavy atom. The molecule has 1 aliphatic heterocycles. The molecule has 2 aromatic rings. The van der Waals surface area contributed by atoms with E-state index in [1.54, 1.807) is 32.9 Å². The van der Waals surface area contributed by atoms with Gasteiger partial charge in [-0.05, 0) is 51.8 Å². The van der Waals surface area contributed by atoms with Crippen molar-refractivity contribution < 1.29 is 19.1 Å². The number of rotatable bonds is 3. The zero-order valence-electron chi connectivity index (χ0n) is 16.7. The molecule has 0 radical (unpaired) electrons. The molecule has 1 aliphatic rings. The number of nitrogens with one attached hydrogen (secondary N) is 1. The lowest BCUT2D eigenvalue weighted by molar-refractivity contribution is -0.151. The number of hydrogen-bond donors (Lipinski definition) is 1. The number of carbonyl (C=O) groups is 2. The molecule has 1 amide bonds. The Hall–Kier alpha value is -2.61. The molecule has 0 bridgehead atoms. The van der Waals surface area contributed by atoms with E-state index in [9.17, 15) is 14.4 Å². The van der Waals surface area contributed by atoms with E-state index in [1.807, 2.05) is 0 Å². The highest BCUT2D eigenvalue weighted by Gasteiger charge is 2.32. The van der Waals surface area contributed by atoms with Crippen LogP contribution in [0.4, 0.5) is 4.79 Å². The van der Waals surface area contributed by atoms with Crippen LogP contribution < -0.4 is 5.56 Å². The predicted octanol–water partition coefficient (Wildman–Crippen LogP) is 3.27. The van der Waals surface area contributed by atoms with Crippen LogP contribution in [0, 0.1) is 5.92 Å². The van der Waals surface area contributed by atoms with E-state index in [0.717, 1.165) is 0 Å². The molecule has 1 N–H and O–H groups in total. The number of fused-ring (bicyclic) bond motifs is 1. The summed E-state index contributed by atoms with van der Waals surface area (Å²) in [6, 6.07) is 4.81. The summed E-state index contributed by atoms with van der Waals surface area (Å²) in [5.41, 5.74) is -0.474. The maximum Gasteiger partial charge on any atom is 0.410 e. The Morgan fingerprint density at radius 1 is 1.34 bits per heavy atom. The Bertz CT molecular complexity index is 982. The van der Waals surface area contributed by atoms with Gasteiger partial charge in [-0.2, -0.15) is 0 Å². The minimum Gasteiger partial charge on any atom is -0.457 e. The van der Waals surface area contributed by atoms with Crippen LogP contribution in [-0.2, 0) is 20.9 Å². The molecular formula is C20H24ClN3O5. The van der Waals surface area contributed by atoms with Crippen molar-refractivity contribution in [3.05, 3.63) is 39.4 Å². The number of H-pyrrole nitrogens is 1. The Kier molecular flexibility index (Phi) is 6.12. The first kappa shape index (κ1) is 21.1. The highest BCUT2D eigenvalue weighted by Crippen LogP contribution is 2.21. The number of halogens is 1. The number of likely N-dealkylation sites (tertiary alicyclic amines) is 1. The molecule has 9 heteroatoms. The number of ether oxygens (including phenoxy) is 2. The average molecular weight is 422 g/mol. The summed E-state index contributed by atoms with van der Waals surface area (Å²) in [4.78, 5) is 45.3. The molecule has 1 fully saturated rings. The topological polar surface area (TPSA) is 102 Å². The van der Waals surface area contributed by atoms with Gasteiger partial charge in [-0.3, -0.25) is 9.59 Å². The van der Waals surface area contributed by atoms with Crippen molar-refractivity contribution in [2.75, 3.05) is 13.1 Å². The average Bonchev–Trinajstić information content (AvgIpc) is 2.65. The first-order chi connectivity index (χ1) is 13.6. The highest BCUT2D eigenvalue weighted by atomic mass is 35.5. The zero-order valence-corrected chi connectivity index (χ0v) is 17.4. The summed E-state index contributed by atoms with van der Waals surface area (Å²) in [6.45, 7) is 6.02. The maximum absolute atomic E-state index is 12.5. The Balaban J connectivity index is 1.62. The van der Waals surface area contributed by atoms with Crippen LogP contribution in [0.3, 0.4) is 0 Å². The number of aromatic amines is 1. The first-order valence-electron chi connectivity index (χ1n) is 9.45. The number of benzene rings is 1. The van der Waals surface area contributed by atoms with Crippen molar-refractivity contribution >= 4 is 34.6 Å². The molecule has 1 atom stereocenters. The number of hydrogen-bond acceptors (Lipinski definition) is 6. The van der Waals surface area contributed by atoms with Gasteiger partial charge in [0, 0.05) is 18.1 Å². The molecule has 1 aromatic carbocycles. The number of piperidine rings is 1. The second kappa shape index (κ2) is 8.41. The van der Waals surface area contributed by atoms with E-state index in [1.165, 1.54) is 11.0 Å². The molecular weight excluding hydrogens is 398 g/mol. The second-order valence-corrected chi connectivity index (χ2v) is 8.48. The standard InChI is InChI=1S/C20H24ClN3O5/c1-20(2,3)29-19(27)24-8-4-5-12(10-24)18(26)28-11-16-22-15-7-6-13(21)9-14(15)17(25)23-16/h6-7,9,12H,4-5,8,10-11H2,1-3H3,(H,22,23,25)/t12-/m1/s1. The SMILES string of the molecule is CC(C)(C)OC(=O)N1CCC[C@@H](C(=O)OCc2nc3ccc(Cl)cc3c(=O)[nH]2)C1. The minimum absolute atomic E-state index is 0.157. The summed E-state index contributed by atoms with van der Waals surface area (Å²) in [5.74, 6) is -0.627. The molecule has 0 unspecified atom stereocenters. The van der Waals surface area contributed by atoms with Crippen LogP contribution >= 0.6 is 11.6 Å². The maximum atomic E-state index is 12.5. The van der Waals surface area contributed by atoms with E-state index in [4.69, 9.17) is 21.1 Å². The van der Waals surface area contributed by atoms with E-state index in [0.29, 0.717) is 35.3 Å². The molecule has 1 aromatic heterocycles. The fourth-order valence-electron chi connectivity index (χ4n) is 3.15. The van der Waals surface area contributed by atoms with E-state index in [2.05, 4.69) is 9.97 Å². The van der Waals surface area contributed by atoms with Crippen molar-refractivity contribution in [3.8, 4) is 0 Å². The van der Waals surface area contributed by atoms with E-state index in [-0.39, 0.29) is 24.5 Å². The third kappa shape index (κ3) is 5.47. The molecule has 0 spiro atoms. The smallest absolute Gasteiger partial charge is 0.410 e. The van der Waals surface area contributed by atoms with Crippen molar-refractivity contribution in [2.45, 2.75) is 45.8 Å². The third-order valence-electron chi connectivity index (χ3n) is 4.47. The number of carbonyl (C=O) groups excluding carboxylic acids is 2. The quantitative estimate of drug-likeness (QED) is 0.763. The zero-order chi connectivity index (χ0) is 21.2.